The van der Waals surface area contributed by atoms with E-state index < -0.39 is 15.9 Å². The molecule has 2 fully saturated rings. The highest BCUT2D eigenvalue weighted by Crippen LogP contribution is 2.36. The fraction of sp³-hybridized carbons (Fsp3) is 0.588. The Hall–Kier alpha value is -1.36. The molecule has 0 bridgehead atoms. The molecule has 0 N–H and O–H groups in total. The minimum Gasteiger partial charge on any atom is -0.461 e. The molecule has 1 unspecified atom stereocenters. The van der Waals surface area contributed by atoms with E-state index in [1.165, 1.54) is 5.56 Å². The first-order valence-corrected chi connectivity index (χ1v) is 9.81. The summed E-state index contributed by atoms with van der Waals surface area (Å²) < 4.78 is 28.2. The average Bonchev–Trinajstić information content (AvgIpc) is 2.87. The van der Waals surface area contributed by atoms with E-state index in [2.05, 4.69) is 24.3 Å². The lowest BCUT2D eigenvalue weighted by Crippen LogP contribution is -2.27. The summed E-state index contributed by atoms with van der Waals surface area (Å²) in [5.74, 6) is 0.401. The Labute approximate surface area is 131 Å². The summed E-state index contributed by atoms with van der Waals surface area (Å²) in [5.41, 5.74) is 1.34. The van der Waals surface area contributed by atoms with Crippen LogP contribution < -0.4 is 0 Å². The molecule has 4 nitrogen and oxygen atoms in total. The van der Waals surface area contributed by atoms with Gasteiger partial charge in [-0.3, -0.25) is 4.79 Å². The molecule has 0 amide bonds. The van der Waals surface area contributed by atoms with E-state index in [1.54, 1.807) is 0 Å². The topological polar surface area (TPSA) is 60.4 Å². The number of rotatable bonds is 3. The number of carbonyl (C=O) groups is 1. The second-order valence-electron chi connectivity index (χ2n) is 6.42. The maximum Gasteiger partial charge on any atom is 0.309 e. The third-order valence-electron chi connectivity index (χ3n) is 4.80. The molecule has 1 aromatic rings. The van der Waals surface area contributed by atoms with Crippen LogP contribution in [0, 0.1) is 5.92 Å². The normalized spacial score (nSPS) is 30.8. The second kappa shape index (κ2) is 6.41. The van der Waals surface area contributed by atoms with Crippen molar-refractivity contribution in [2.24, 2.45) is 5.92 Å². The number of benzene rings is 1. The van der Waals surface area contributed by atoms with Crippen LogP contribution in [0.1, 0.15) is 43.6 Å². The van der Waals surface area contributed by atoms with Gasteiger partial charge >= 0.3 is 5.97 Å². The summed E-state index contributed by atoms with van der Waals surface area (Å²) in [6.07, 6.45) is 3.67. The summed E-state index contributed by atoms with van der Waals surface area (Å²) in [7, 11) is -2.99. The van der Waals surface area contributed by atoms with Crippen molar-refractivity contribution in [1.82, 2.24) is 0 Å². The number of ether oxygens (including phenoxy) is 1. The van der Waals surface area contributed by atoms with E-state index in [-0.39, 0.29) is 23.4 Å². The first-order chi connectivity index (χ1) is 10.5. The molecule has 120 valence electrons. The van der Waals surface area contributed by atoms with E-state index >= 15 is 0 Å². The van der Waals surface area contributed by atoms with E-state index in [0.29, 0.717) is 12.3 Å². The van der Waals surface area contributed by atoms with Gasteiger partial charge in [-0.1, -0.05) is 30.3 Å². The van der Waals surface area contributed by atoms with Gasteiger partial charge in [0.15, 0.2) is 9.84 Å². The molecule has 1 saturated heterocycles. The van der Waals surface area contributed by atoms with Crippen molar-refractivity contribution in [3.8, 4) is 0 Å². The molecule has 0 spiro atoms. The smallest absolute Gasteiger partial charge is 0.309 e. The van der Waals surface area contributed by atoms with Gasteiger partial charge in [0.05, 0.1) is 17.4 Å². The molecule has 5 heteroatoms. The van der Waals surface area contributed by atoms with Crippen molar-refractivity contribution in [3.63, 3.8) is 0 Å². The van der Waals surface area contributed by atoms with E-state index in [9.17, 15) is 13.2 Å². The van der Waals surface area contributed by atoms with E-state index in [1.807, 2.05) is 6.07 Å². The summed E-state index contributed by atoms with van der Waals surface area (Å²) in [6, 6.07) is 10.4. The molecule has 3 rings (SSSR count). The largest absolute Gasteiger partial charge is 0.461 e. The van der Waals surface area contributed by atoms with Gasteiger partial charge in [-0.25, -0.2) is 8.42 Å². The number of esters is 1. The third-order valence-corrected chi connectivity index (χ3v) is 6.54. The maximum absolute atomic E-state index is 12.2. The van der Waals surface area contributed by atoms with Gasteiger partial charge in [0, 0.05) is 0 Å². The quantitative estimate of drug-likeness (QED) is 0.803. The van der Waals surface area contributed by atoms with Gasteiger partial charge in [-0.15, -0.1) is 0 Å². The number of hydrogen-bond acceptors (Lipinski definition) is 4. The highest BCUT2D eigenvalue weighted by Gasteiger charge is 2.34. The SMILES string of the molecule is O=C(OC1CCS(=O)(=O)C1)C1CCC(c2ccccc2)CC1. The Morgan fingerprint density at radius 1 is 1.00 bits per heavy atom. The van der Waals surface area contributed by atoms with Gasteiger partial charge in [-0.2, -0.15) is 0 Å². The third kappa shape index (κ3) is 3.69. The van der Waals surface area contributed by atoms with Crippen LogP contribution in [0.5, 0.6) is 0 Å². The van der Waals surface area contributed by atoms with Gasteiger partial charge in [0.25, 0.3) is 0 Å². The number of carbonyl (C=O) groups excluding carboxylic acids is 1. The van der Waals surface area contributed by atoms with Crippen LogP contribution in [0.4, 0.5) is 0 Å². The zero-order valence-corrected chi connectivity index (χ0v) is 13.4. The molecule has 22 heavy (non-hydrogen) atoms. The van der Waals surface area contributed by atoms with Crippen LogP contribution in [-0.4, -0.2) is 32.0 Å². The molecule has 2 aliphatic rings. The predicted octanol–water partition coefficient (Wildman–Crippen LogP) is 2.69. The minimum atomic E-state index is -2.99. The predicted molar refractivity (Wildman–Crippen MR) is 84.3 cm³/mol. The summed E-state index contributed by atoms with van der Waals surface area (Å²) >= 11 is 0. The molecule has 1 aromatic carbocycles. The number of sulfone groups is 1. The summed E-state index contributed by atoms with van der Waals surface area (Å²) in [5, 5.41) is 0. The average molecular weight is 322 g/mol. The van der Waals surface area contributed by atoms with Crippen LogP contribution in [0.3, 0.4) is 0 Å². The van der Waals surface area contributed by atoms with Gasteiger partial charge in [0.1, 0.15) is 6.10 Å². The van der Waals surface area contributed by atoms with Gasteiger partial charge in [0.2, 0.25) is 0 Å². The van der Waals surface area contributed by atoms with Crippen molar-refractivity contribution >= 4 is 15.8 Å². The standard InChI is InChI=1S/C17H22O4S/c18-17(21-16-10-11-22(19,20)12-16)15-8-6-14(7-9-15)13-4-2-1-3-5-13/h1-5,14-16H,6-12H2. The lowest BCUT2D eigenvalue weighted by molar-refractivity contribution is -0.154. The van der Waals surface area contributed by atoms with Crippen LogP contribution in [0.2, 0.25) is 0 Å². The highest BCUT2D eigenvalue weighted by atomic mass is 32.2. The first kappa shape index (κ1) is 15.5. The molecular weight excluding hydrogens is 300 g/mol. The van der Waals surface area contributed by atoms with Crippen LogP contribution >= 0.6 is 0 Å². The lowest BCUT2D eigenvalue weighted by atomic mass is 9.79. The highest BCUT2D eigenvalue weighted by molar-refractivity contribution is 7.91. The molecule has 1 atom stereocenters. The van der Waals surface area contributed by atoms with Crippen molar-refractivity contribution in [2.75, 3.05) is 11.5 Å². The summed E-state index contributed by atoms with van der Waals surface area (Å²) in [6.45, 7) is 0. The van der Waals surface area contributed by atoms with Crippen molar-refractivity contribution in [1.29, 1.82) is 0 Å². The van der Waals surface area contributed by atoms with Crippen molar-refractivity contribution in [2.45, 2.75) is 44.1 Å². The van der Waals surface area contributed by atoms with Crippen molar-refractivity contribution in [3.05, 3.63) is 35.9 Å². The van der Waals surface area contributed by atoms with Crippen LogP contribution in [-0.2, 0) is 19.4 Å². The molecule has 1 aliphatic carbocycles. The second-order valence-corrected chi connectivity index (χ2v) is 8.65. The first-order valence-electron chi connectivity index (χ1n) is 7.99. The Bertz CT molecular complexity index is 615. The fourth-order valence-corrected chi connectivity index (χ4v) is 5.09. The molecule has 1 saturated carbocycles. The van der Waals surface area contributed by atoms with Gasteiger partial charge < -0.3 is 4.74 Å². The molecule has 0 aromatic heterocycles. The fourth-order valence-electron chi connectivity index (χ4n) is 3.50. The van der Waals surface area contributed by atoms with Gasteiger partial charge in [-0.05, 0) is 43.6 Å². The van der Waals surface area contributed by atoms with Crippen molar-refractivity contribution < 1.29 is 17.9 Å². The Morgan fingerprint density at radius 3 is 2.27 bits per heavy atom. The minimum absolute atomic E-state index is 0.00188. The number of hydrogen-bond donors (Lipinski definition) is 0. The molecule has 0 radical (unpaired) electrons. The Balaban J connectivity index is 1.50. The Kier molecular flexibility index (Phi) is 4.52. The molecule has 1 heterocycles. The zero-order valence-electron chi connectivity index (χ0n) is 12.6. The maximum atomic E-state index is 12.2. The van der Waals surface area contributed by atoms with Crippen LogP contribution in [0.15, 0.2) is 30.3 Å². The lowest BCUT2D eigenvalue weighted by Gasteiger charge is -2.28. The molecule has 1 aliphatic heterocycles. The van der Waals surface area contributed by atoms with Crippen LogP contribution in [0.25, 0.3) is 0 Å². The summed E-state index contributed by atoms with van der Waals surface area (Å²) in [4.78, 5) is 12.2. The monoisotopic (exact) mass is 322 g/mol. The van der Waals surface area contributed by atoms with E-state index in [4.69, 9.17) is 4.74 Å². The van der Waals surface area contributed by atoms with E-state index in [0.717, 1.165) is 25.7 Å². The zero-order chi connectivity index (χ0) is 15.6. The Morgan fingerprint density at radius 2 is 1.68 bits per heavy atom. The molecular formula is C17H22O4S.